The van der Waals surface area contributed by atoms with E-state index in [-0.39, 0.29) is 6.04 Å². The SMILES string of the molecule is Cc1n[nH]c(C)c1S(=O)(=O)N(C)CC1CC(N)C1. The molecule has 7 heteroatoms. The van der Waals surface area contributed by atoms with E-state index < -0.39 is 10.0 Å². The molecule has 1 fully saturated rings. The van der Waals surface area contributed by atoms with Crippen molar-refractivity contribution in [1.29, 1.82) is 0 Å². The van der Waals surface area contributed by atoms with Crippen LogP contribution in [0.25, 0.3) is 0 Å². The van der Waals surface area contributed by atoms with Crippen molar-refractivity contribution in [1.82, 2.24) is 14.5 Å². The van der Waals surface area contributed by atoms with E-state index in [9.17, 15) is 8.42 Å². The summed E-state index contributed by atoms with van der Waals surface area (Å²) in [6.07, 6.45) is 1.81. The topological polar surface area (TPSA) is 92.1 Å². The summed E-state index contributed by atoms with van der Waals surface area (Å²) >= 11 is 0. The van der Waals surface area contributed by atoms with Crippen LogP contribution in [-0.2, 0) is 10.0 Å². The molecule has 0 saturated heterocycles. The van der Waals surface area contributed by atoms with Gasteiger partial charge in [0.25, 0.3) is 0 Å². The monoisotopic (exact) mass is 272 g/mol. The first kappa shape index (κ1) is 13.5. The van der Waals surface area contributed by atoms with E-state index in [1.165, 1.54) is 4.31 Å². The zero-order valence-corrected chi connectivity index (χ0v) is 11.8. The van der Waals surface area contributed by atoms with Gasteiger partial charge in [0.1, 0.15) is 4.90 Å². The van der Waals surface area contributed by atoms with E-state index >= 15 is 0 Å². The molecule has 0 aliphatic heterocycles. The van der Waals surface area contributed by atoms with E-state index in [0.717, 1.165) is 12.8 Å². The lowest BCUT2D eigenvalue weighted by Crippen LogP contribution is -2.43. The van der Waals surface area contributed by atoms with Gasteiger partial charge in [-0.3, -0.25) is 5.10 Å². The van der Waals surface area contributed by atoms with Crippen LogP contribution < -0.4 is 5.73 Å². The number of H-pyrrole nitrogens is 1. The van der Waals surface area contributed by atoms with Crippen molar-refractivity contribution in [3.05, 3.63) is 11.4 Å². The molecule has 1 heterocycles. The number of hydrogen-bond donors (Lipinski definition) is 2. The maximum absolute atomic E-state index is 12.4. The molecule has 102 valence electrons. The van der Waals surface area contributed by atoms with Gasteiger partial charge in [0, 0.05) is 19.6 Å². The molecule has 0 amide bonds. The molecule has 1 aromatic rings. The molecular weight excluding hydrogens is 252 g/mol. The van der Waals surface area contributed by atoms with Gasteiger partial charge in [-0.15, -0.1) is 0 Å². The van der Waals surface area contributed by atoms with Crippen LogP contribution in [0, 0.1) is 19.8 Å². The summed E-state index contributed by atoms with van der Waals surface area (Å²) in [7, 11) is -1.83. The van der Waals surface area contributed by atoms with Gasteiger partial charge in [-0.25, -0.2) is 12.7 Å². The minimum absolute atomic E-state index is 0.239. The summed E-state index contributed by atoms with van der Waals surface area (Å²) in [6, 6.07) is 0.239. The Labute approximate surface area is 108 Å². The molecule has 6 nitrogen and oxygen atoms in total. The number of aromatic amines is 1. The molecule has 0 unspecified atom stereocenters. The van der Waals surface area contributed by atoms with Gasteiger partial charge in [0.15, 0.2) is 0 Å². The van der Waals surface area contributed by atoms with Crippen molar-refractivity contribution >= 4 is 10.0 Å². The van der Waals surface area contributed by atoms with Crippen LogP contribution in [0.5, 0.6) is 0 Å². The summed E-state index contributed by atoms with van der Waals surface area (Å²) in [5, 5.41) is 6.65. The Balaban J connectivity index is 2.16. The fraction of sp³-hybridized carbons (Fsp3) is 0.727. The highest BCUT2D eigenvalue weighted by molar-refractivity contribution is 7.89. The number of rotatable bonds is 4. The molecule has 0 aromatic carbocycles. The van der Waals surface area contributed by atoms with Gasteiger partial charge < -0.3 is 5.73 Å². The molecule has 1 aliphatic carbocycles. The normalized spacial score (nSPS) is 24.3. The van der Waals surface area contributed by atoms with Gasteiger partial charge in [-0.05, 0) is 32.6 Å². The third-order valence-electron chi connectivity index (χ3n) is 3.52. The summed E-state index contributed by atoms with van der Waals surface area (Å²) < 4.78 is 26.3. The van der Waals surface area contributed by atoms with E-state index in [0.29, 0.717) is 28.7 Å². The number of nitrogens with one attached hydrogen (secondary N) is 1. The average Bonchev–Trinajstić information content (AvgIpc) is 2.56. The average molecular weight is 272 g/mol. The van der Waals surface area contributed by atoms with Gasteiger partial charge in [-0.1, -0.05) is 0 Å². The van der Waals surface area contributed by atoms with Crippen LogP contribution in [0.2, 0.25) is 0 Å². The lowest BCUT2D eigenvalue weighted by atomic mass is 9.81. The lowest BCUT2D eigenvalue weighted by molar-refractivity contribution is 0.227. The maximum Gasteiger partial charge on any atom is 0.246 e. The Morgan fingerprint density at radius 3 is 2.50 bits per heavy atom. The molecule has 0 radical (unpaired) electrons. The Morgan fingerprint density at radius 1 is 1.44 bits per heavy atom. The van der Waals surface area contributed by atoms with Crippen LogP contribution >= 0.6 is 0 Å². The van der Waals surface area contributed by atoms with Crippen LogP contribution in [0.1, 0.15) is 24.2 Å². The molecule has 18 heavy (non-hydrogen) atoms. The second kappa shape index (κ2) is 4.64. The first-order chi connectivity index (χ1) is 8.32. The minimum Gasteiger partial charge on any atom is -0.328 e. The number of nitrogens with zero attached hydrogens (tertiary/aromatic N) is 2. The summed E-state index contributed by atoms with van der Waals surface area (Å²) in [4.78, 5) is 0.300. The molecule has 0 bridgehead atoms. The summed E-state index contributed by atoms with van der Waals surface area (Å²) in [5.41, 5.74) is 6.82. The summed E-state index contributed by atoms with van der Waals surface area (Å²) in [6.45, 7) is 3.95. The van der Waals surface area contributed by atoms with E-state index in [4.69, 9.17) is 5.73 Å². The molecule has 1 aliphatic rings. The number of aromatic nitrogens is 2. The highest BCUT2D eigenvalue weighted by Crippen LogP contribution is 2.28. The molecule has 1 aromatic heterocycles. The zero-order valence-electron chi connectivity index (χ0n) is 11.0. The summed E-state index contributed by atoms with van der Waals surface area (Å²) in [5.74, 6) is 0.382. The highest BCUT2D eigenvalue weighted by Gasteiger charge is 2.32. The Morgan fingerprint density at radius 2 is 2.06 bits per heavy atom. The maximum atomic E-state index is 12.4. The first-order valence-electron chi connectivity index (χ1n) is 6.06. The number of hydrogen-bond acceptors (Lipinski definition) is 4. The molecule has 0 atom stereocenters. The van der Waals surface area contributed by atoms with E-state index in [2.05, 4.69) is 10.2 Å². The molecule has 0 spiro atoms. The van der Waals surface area contributed by atoms with E-state index in [1.807, 2.05) is 0 Å². The van der Waals surface area contributed by atoms with Gasteiger partial charge >= 0.3 is 0 Å². The van der Waals surface area contributed by atoms with Crippen LogP contribution in [0.4, 0.5) is 0 Å². The fourth-order valence-electron chi connectivity index (χ4n) is 2.47. The second-order valence-electron chi connectivity index (χ2n) is 5.15. The van der Waals surface area contributed by atoms with E-state index in [1.54, 1.807) is 20.9 Å². The quantitative estimate of drug-likeness (QED) is 0.829. The third kappa shape index (κ3) is 2.30. The smallest absolute Gasteiger partial charge is 0.246 e. The van der Waals surface area contributed by atoms with Crippen molar-refractivity contribution in [2.75, 3.05) is 13.6 Å². The predicted octanol–water partition coefficient (Wildman–Crippen LogP) is 0.384. The largest absolute Gasteiger partial charge is 0.328 e. The van der Waals surface area contributed by atoms with Crippen molar-refractivity contribution in [3.8, 4) is 0 Å². The van der Waals surface area contributed by atoms with Crippen molar-refractivity contribution in [2.24, 2.45) is 11.7 Å². The molecule has 3 N–H and O–H groups in total. The number of aryl methyl sites for hydroxylation is 2. The van der Waals surface area contributed by atoms with Crippen molar-refractivity contribution < 1.29 is 8.42 Å². The standard InChI is InChI=1S/C11H20N4O2S/c1-7-11(8(2)14-13-7)18(16,17)15(3)6-9-4-10(12)5-9/h9-10H,4-6,12H2,1-3H3,(H,13,14). The highest BCUT2D eigenvalue weighted by atomic mass is 32.2. The minimum atomic E-state index is -3.45. The zero-order chi connectivity index (χ0) is 13.5. The van der Waals surface area contributed by atoms with Crippen LogP contribution in [-0.4, -0.2) is 42.6 Å². The van der Waals surface area contributed by atoms with Crippen LogP contribution in [0.3, 0.4) is 0 Å². The molecular formula is C11H20N4O2S. The Hall–Kier alpha value is -0.920. The van der Waals surface area contributed by atoms with Gasteiger partial charge in [0.05, 0.1) is 11.4 Å². The van der Waals surface area contributed by atoms with Crippen LogP contribution in [0.15, 0.2) is 4.90 Å². The molecule has 2 rings (SSSR count). The van der Waals surface area contributed by atoms with Gasteiger partial charge in [-0.2, -0.15) is 5.10 Å². The number of sulfonamides is 1. The fourth-order valence-corrected chi connectivity index (χ4v) is 4.04. The predicted molar refractivity (Wildman–Crippen MR) is 68.6 cm³/mol. The Kier molecular flexibility index (Phi) is 3.48. The first-order valence-corrected chi connectivity index (χ1v) is 7.50. The third-order valence-corrected chi connectivity index (χ3v) is 5.60. The van der Waals surface area contributed by atoms with Crippen molar-refractivity contribution in [3.63, 3.8) is 0 Å². The van der Waals surface area contributed by atoms with Crippen molar-refractivity contribution in [2.45, 2.75) is 37.6 Å². The Bertz CT molecular complexity index is 512. The lowest BCUT2D eigenvalue weighted by Gasteiger charge is -2.34. The second-order valence-corrected chi connectivity index (χ2v) is 7.13. The van der Waals surface area contributed by atoms with Gasteiger partial charge in [0.2, 0.25) is 10.0 Å². The molecule has 1 saturated carbocycles. The number of nitrogens with two attached hydrogens (primary N) is 1.